The van der Waals surface area contributed by atoms with Gasteiger partial charge in [-0.1, -0.05) is 126 Å². The minimum absolute atomic E-state index is 0.288. The van der Waals surface area contributed by atoms with Gasteiger partial charge >= 0.3 is 6.09 Å². The van der Waals surface area contributed by atoms with Gasteiger partial charge < -0.3 is 10.0 Å². The molecule has 1 fully saturated rings. The van der Waals surface area contributed by atoms with Crippen molar-refractivity contribution in [3.63, 3.8) is 0 Å². The van der Waals surface area contributed by atoms with Gasteiger partial charge in [-0.3, -0.25) is 4.90 Å². The molecule has 1 atom stereocenters. The molecule has 0 radical (unpaired) electrons. The van der Waals surface area contributed by atoms with Gasteiger partial charge in [-0.15, -0.1) is 11.3 Å². The highest BCUT2D eigenvalue weighted by Gasteiger charge is 2.52. The Labute approximate surface area is 298 Å². The molecule has 0 aliphatic carbocycles. The number of hydrogen-bond acceptors (Lipinski definition) is 6. The van der Waals surface area contributed by atoms with E-state index in [-0.39, 0.29) is 5.41 Å². The Morgan fingerprint density at radius 2 is 1.44 bits per heavy atom. The van der Waals surface area contributed by atoms with Crippen LogP contribution in [-0.2, 0) is 5.54 Å². The summed E-state index contributed by atoms with van der Waals surface area (Å²) in [5, 5.41) is 19.6. The van der Waals surface area contributed by atoms with Crippen LogP contribution < -0.4 is 4.90 Å². The molecule has 50 heavy (non-hydrogen) atoms. The van der Waals surface area contributed by atoms with Crippen LogP contribution in [0.5, 0.6) is 0 Å². The molecule has 1 aliphatic rings. The van der Waals surface area contributed by atoms with Crippen LogP contribution in [0.15, 0.2) is 115 Å². The molecule has 0 spiro atoms. The first kappa shape index (κ1) is 33.5. The minimum Gasteiger partial charge on any atom is -0.465 e. The second-order valence-electron chi connectivity index (χ2n) is 14.7. The number of aromatic nitrogens is 4. The van der Waals surface area contributed by atoms with E-state index >= 15 is 0 Å². The Kier molecular flexibility index (Phi) is 8.72. The third kappa shape index (κ3) is 5.54. The largest absolute Gasteiger partial charge is 0.465 e. The van der Waals surface area contributed by atoms with Crippen molar-refractivity contribution in [3.8, 4) is 10.7 Å². The second-order valence-corrected chi connectivity index (χ2v) is 15.5. The Hall–Kier alpha value is -5.02. The molecule has 256 valence electrons. The molecule has 1 amide bonds. The van der Waals surface area contributed by atoms with E-state index in [1.165, 1.54) is 0 Å². The minimum atomic E-state index is -0.859. The Balaban J connectivity index is 1.39. The van der Waals surface area contributed by atoms with E-state index in [9.17, 15) is 9.90 Å². The highest BCUT2D eigenvalue weighted by molar-refractivity contribution is 7.13. The van der Waals surface area contributed by atoms with Gasteiger partial charge in [0.2, 0.25) is 0 Å². The Morgan fingerprint density at radius 3 is 1.96 bits per heavy atom. The second kappa shape index (κ2) is 13.0. The number of benzene rings is 3. The average molecular weight is 685 g/mol. The quantitative estimate of drug-likeness (QED) is 0.161. The number of rotatable bonds is 8. The maximum atomic E-state index is 12.6. The molecule has 0 unspecified atom stereocenters. The summed E-state index contributed by atoms with van der Waals surface area (Å²) in [5.74, 6) is 1.17. The van der Waals surface area contributed by atoms with Crippen LogP contribution in [0.3, 0.4) is 0 Å². The fraction of sp³-hybridized carbons (Fsp3) is 0.317. The summed E-state index contributed by atoms with van der Waals surface area (Å²) in [6.45, 7) is 12.4. The summed E-state index contributed by atoms with van der Waals surface area (Å²) in [4.78, 5) is 26.8. The maximum Gasteiger partial charge on any atom is 0.407 e. The topological polar surface area (TPSA) is 87.4 Å². The first-order valence-corrected chi connectivity index (χ1v) is 18.2. The fourth-order valence-corrected chi connectivity index (χ4v) is 8.78. The number of anilines is 1. The zero-order chi connectivity index (χ0) is 35.1. The summed E-state index contributed by atoms with van der Waals surface area (Å²) >= 11 is 1.56. The molecule has 6 aromatic rings. The lowest BCUT2D eigenvalue weighted by Gasteiger charge is -2.57. The van der Waals surface area contributed by atoms with Crippen LogP contribution in [0.4, 0.5) is 10.6 Å². The lowest BCUT2D eigenvalue weighted by atomic mass is 9.67. The van der Waals surface area contributed by atoms with Crippen molar-refractivity contribution in [1.29, 1.82) is 0 Å². The van der Waals surface area contributed by atoms with E-state index in [4.69, 9.17) is 15.1 Å². The molecule has 4 heterocycles. The van der Waals surface area contributed by atoms with E-state index in [0.29, 0.717) is 25.6 Å². The number of carbonyl (C=O) groups is 1. The first-order chi connectivity index (χ1) is 24.1. The molecular formula is C41H44N6O2S. The van der Waals surface area contributed by atoms with Crippen molar-refractivity contribution in [2.45, 2.75) is 52.1 Å². The summed E-state index contributed by atoms with van der Waals surface area (Å²) < 4.78 is 2.08. The fourth-order valence-electron chi connectivity index (χ4n) is 7.96. The van der Waals surface area contributed by atoms with Crippen LogP contribution in [0.1, 0.15) is 57.7 Å². The first-order valence-electron chi connectivity index (χ1n) is 17.3. The third-order valence-electron chi connectivity index (χ3n) is 10.3. The molecule has 0 saturated carbocycles. The van der Waals surface area contributed by atoms with Crippen molar-refractivity contribution in [2.24, 2.45) is 11.3 Å². The van der Waals surface area contributed by atoms with E-state index in [1.54, 1.807) is 16.2 Å². The number of piperazine rings is 1. The van der Waals surface area contributed by atoms with Gasteiger partial charge in [-0.05, 0) is 46.6 Å². The molecule has 8 nitrogen and oxygen atoms in total. The highest BCUT2D eigenvalue weighted by Crippen LogP contribution is 2.46. The van der Waals surface area contributed by atoms with E-state index in [1.807, 2.05) is 30.5 Å². The number of pyridine rings is 1. The van der Waals surface area contributed by atoms with E-state index in [0.717, 1.165) is 50.7 Å². The molecule has 9 heteroatoms. The molecule has 3 aromatic heterocycles. The summed E-state index contributed by atoms with van der Waals surface area (Å²) in [6.07, 6.45) is 1.73. The molecule has 1 saturated heterocycles. The lowest BCUT2D eigenvalue weighted by molar-refractivity contribution is -0.0196. The van der Waals surface area contributed by atoms with Gasteiger partial charge in [0.25, 0.3) is 0 Å². The van der Waals surface area contributed by atoms with Crippen LogP contribution in [-0.4, -0.2) is 61.0 Å². The lowest BCUT2D eigenvalue weighted by Crippen LogP contribution is -2.69. The SMILES string of the molecule is CC(C)C[C@]1(C(C)(C)C)CN(c2csc(-c3nn(C(c4ccccc4)(c4ccccc4)c4ccccc4)c4ncccc34)n2)CCN1C(=O)O. The van der Waals surface area contributed by atoms with Crippen LogP contribution in [0.25, 0.3) is 21.7 Å². The van der Waals surface area contributed by atoms with Crippen molar-refractivity contribution in [2.75, 3.05) is 24.5 Å². The Morgan fingerprint density at radius 1 is 0.860 bits per heavy atom. The summed E-state index contributed by atoms with van der Waals surface area (Å²) in [5.41, 5.74) is 3.04. The zero-order valence-corrected chi connectivity index (χ0v) is 30.1. The predicted molar refractivity (Wildman–Crippen MR) is 202 cm³/mol. The van der Waals surface area contributed by atoms with Crippen LogP contribution in [0, 0.1) is 11.3 Å². The van der Waals surface area contributed by atoms with Crippen molar-refractivity contribution < 1.29 is 9.90 Å². The summed E-state index contributed by atoms with van der Waals surface area (Å²) in [7, 11) is 0. The third-order valence-corrected chi connectivity index (χ3v) is 11.1. The van der Waals surface area contributed by atoms with Crippen LogP contribution >= 0.6 is 11.3 Å². The monoisotopic (exact) mass is 684 g/mol. The normalized spacial score (nSPS) is 17.1. The molecule has 7 rings (SSSR count). The summed E-state index contributed by atoms with van der Waals surface area (Å²) in [6, 6.07) is 35.5. The van der Waals surface area contributed by atoms with Crippen molar-refractivity contribution in [1.82, 2.24) is 24.6 Å². The number of amides is 1. The van der Waals surface area contributed by atoms with Crippen molar-refractivity contribution >= 4 is 34.3 Å². The molecular weight excluding hydrogens is 641 g/mol. The molecule has 3 aromatic carbocycles. The molecule has 1 N–H and O–H groups in total. The highest BCUT2D eigenvalue weighted by atomic mass is 32.1. The van der Waals surface area contributed by atoms with Gasteiger partial charge in [-0.2, -0.15) is 5.10 Å². The number of carboxylic acid groups (broad SMARTS) is 1. The van der Waals surface area contributed by atoms with Gasteiger partial charge in [0.15, 0.2) is 5.65 Å². The zero-order valence-electron chi connectivity index (χ0n) is 29.3. The van der Waals surface area contributed by atoms with Gasteiger partial charge in [0.1, 0.15) is 22.1 Å². The Bertz CT molecular complexity index is 1990. The number of hydrogen-bond donors (Lipinski definition) is 1. The average Bonchev–Trinajstić information content (AvgIpc) is 3.75. The predicted octanol–water partition coefficient (Wildman–Crippen LogP) is 9.03. The molecule has 1 aliphatic heterocycles. The van der Waals surface area contributed by atoms with Crippen LogP contribution in [0.2, 0.25) is 0 Å². The smallest absolute Gasteiger partial charge is 0.407 e. The van der Waals surface area contributed by atoms with Gasteiger partial charge in [0, 0.05) is 36.6 Å². The number of fused-ring (bicyclic) bond motifs is 1. The molecule has 0 bridgehead atoms. The number of thiazole rings is 1. The van der Waals surface area contributed by atoms with Gasteiger partial charge in [0.05, 0.1) is 5.54 Å². The van der Waals surface area contributed by atoms with E-state index < -0.39 is 17.2 Å². The van der Waals surface area contributed by atoms with E-state index in [2.05, 4.69) is 128 Å². The standard InChI is InChI=1S/C41H44N6O2S/c1-29(2)26-40(39(3,4)5)28-45(24-25-46(40)38(48)49)34-27-50-37(43-34)35-33-22-15-23-42-36(33)47(44-35)41(30-16-9-6-10-17-30,31-18-11-7-12-19-31)32-20-13-8-14-21-32/h6-23,27,29H,24-26,28H2,1-5H3,(H,48,49)/t40-/m1/s1. The number of nitrogens with zero attached hydrogens (tertiary/aromatic N) is 6. The van der Waals surface area contributed by atoms with Crippen molar-refractivity contribution in [3.05, 3.63) is 131 Å². The van der Waals surface area contributed by atoms with Gasteiger partial charge in [-0.25, -0.2) is 19.4 Å². The maximum absolute atomic E-state index is 12.6.